The van der Waals surface area contributed by atoms with Gasteiger partial charge in [0, 0.05) is 12.1 Å². The molecule has 23 heavy (non-hydrogen) atoms. The lowest BCUT2D eigenvalue weighted by Crippen LogP contribution is -2.25. The van der Waals surface area contributed by atoms with Crippen LogP contribution in [0.25, 0.3) is 11.3 Å². The summed E-state index contributed by atoms with van der Waals surface area (Å²) in [5.74, 6) is -0.119. The maximum absolute atomic E-state index is 12.4. The minimum absolute atomic E-state index is 0.119. The first-order valence-electron chi connectivity index (χ1n) is 7.45. The average molecular weight is 323 g/mol. The van der Waals surface area contributed by atoms with Crippen LogP contribution in [0.5, 0.6) is 0 Å². The number of nitrogens with one attached hydrogen (secondary N) is 1. The summed E-state index contributed by atoms with van der Waals surface area (Å²) >= 11 is 1.13. The largest absolute Gasteiger partial charge is 0.351 e. The molecule has 0 saturated carbocycles. The van der Waals surface area contributed by atoms with Crippen LogP contribution >= 0.6 is 11.5 Å². The van der Waals surface area contributed by atoms with E-state index in [1.54, 1.807) is 0 Å². The summed E-state index contributed by atoms with van der Waals surface area (Å²) in [6, 6.07) is 18.0. The third-order valence-corrected chi connectivity index (χ3v) is 4.29. The molecule has 1 N–H and O–H groups in total. The number of aromatic nitrogens is 2. The Kier molecular flexibility index (Phi) is 4.78. The Morgan fingerprint density at radius 2 is 1.83 bits per heavy atom. The van der Waals surface area contributed by atoms with E-state index in [4.69, 9.17) is 0 Å². The van der Waals surface area contributed by atoms with Crippen molar-refractivity contribution in [1.29, 1.82) is 0 Å². The van der Waals surface area contributed by atoms with Gasteiger partial charge in [0.1, 0.15) is 10.6 Å². The minimum Gasteiger partial charge on any atom is -0.351 e. The molecule has 1 heterocycles. The van der Waals surface area contributed by atoms with E-state index in [9.17, 15) is 4.79 Å². The zero-order valence-corrected chi connectivity index (χ0v) is 13.6. The molecule has 0 unspecified atom stereocenters. The molecule has 0 fully saturated rings. The quantitative estimate of drug-likeness (QED) is 0.782. The molecule has 0 spiro atoms. The summed E-state index contributed by atoms with van der Waals surface area (Å²) in [6.07, 6.45) is 0.804. The lowest BCUT2D eigenvalue weighted by atomic mass is 10.1. The van der Waals surface area contributed by atoms with E-state index >= 15 is 0 Å². The number of carbonyl (C=O) groups is 1. The SMILES string of the molecule is Cc1ccc(-c2nnsc2C(=O)NCCc2ccccc2)cc1. The van der Waals surface area contributed by atoms with Crippen molar-refractivity contribution in [2.45, 2.75) is 13.3 Å². The molecule has 0 saturated heterocycles. The fraction of sp³-hybridized carbons (Fsp3) is 0.167. The number of hydrogen-bond donors (Lipinski definition) is 1. The highest BCUT2D eigenvalue weighted by Gasteiger charge is 2.17. The second kappa shape index (κ2) is 7.15. The smallest absolute Gasteiger partial charge is 0.265 e. The molecule has 0 aliphatic rings. The van der Waals surface area contributed by atoms with Crippen molar-refractivity contribution in [1.82, 2.24) is 14.9 Å². The summed E-state index contributed by atoms with van der Waals surface area (Å²) in [4.78, 5) is 12.9. The third-order valence-electron chi connectivity index (χ3n) is 3.56. The summed E-state index contributed by atoms with van der Waals surface area (Å²) in [6.45, 7) is 2.62. The van der Waals surface area contributed by atoms with E-state index < -0.39 is 0 Å². The molecule has 3 aromatic rings. The lowest BCUT2D eigenvalue weighted by Gasteiger charge is -2.05. The van der Waals surface area contributed by atoms with Crippen molar-refractivity contribution in [3.05, 3.63) is 70.6 Å². The Bertz CT molecular complexity index is 782. The van der Waals surface area contributed by atoms with Crippen LogP contribution in [0.4, 0.5) is 0 Å². The van der Waals surface area contributed by atoms with Crippen LogP contribution in [0, 0.1) is 6.92 Å². The molecule has 5 heteroatoms. The molecule has 0 atom stereocenters. The molecule has 0 aliphatic carbocycles. The van der Waals surface area contributed by atoms with Gasteiger partial charge >= 0.3 is 0 Å². The number of benzene rings is 2. The van der Waals surface area contributed by atoms with Crippen molar-refractivity contribution in [3.8, 4) is 11.3 Å². The molecule has 0 radical (unpaired) electrons. The molecule has 3 rings (SSSR count). The lowest BCUT2D eigenvalue weighted by molar-refractivity contribution is 0.0958. The number of aryl methyl sites for hydroxylation is 1. The van der Waals surface area contributed by atoms with Gasteiger partial charge in [0.25, 0.3) is 5.91 Å². The highest BCUT2D eigenvalue weighted by atomic mass is 32.1. The van der Waals surface area contributed by atoms with Crippen LogP contribution < -0.4 is 5.32 Å². The van der Waals surface area contributed by atoms with E-state index in [1.807, 2.05) is 49.4 Å². The fourth-order valence-electron chi connectivity index (χ4n) is 2.29. The van der Waals surface area contributed by atoms with Crippen LogP contribution in [0.2, 0.25) is 0 Å². The van der Waals surface area contributed by atoms with E-state index in [0.29, 0.717) is 17.1 Å². The topological polar surface area (TPSA) is 54.9 Å². The molecular formula is C18H17N3OS. The Balaban J connectivity index is 1.66. The molecule has 1 amide bonds. The van der Waals surface area contributed by atoms with Gasteiger partial charge in [-0.3, -0.25) is 4.79 Å². The van der Waals surface area contributed by atoms with Crippen molar-refractivity contribution in [3.63, 3.8) is 0 Å². The zero-order valence-electron chi connectivity index (χ0n) is 12.8. The molecule has 0 bridgehead atoms. The molecule has 116 valence electrons. The van der Waals surface area contributed by atoms with Gasteiger partial charge in [0.05, 0.1) is 0 Å². The van der Waals surface area contributed by atoms with E-state index in [1.165, 1.54) is 11.1 Å². The maximum atomic E-state index is 12.4. The molecule has 0 aliphatic heterocycles. The van der Waals surface area contributed by atoms with Crippen molar-refractivity contribution in [2.75, 3.05) is 6.54 Å². The summed E-state index contributed by atoms with van der Waals surface area (Å²) in [7, 11) is 0. The first-order chi connectivity index (χ1) is 11.2. The van der Waals surface area contributed by atoms with Crippen LogP contribution in [0.1, 0.15) is 20.8 Å². The van der Waals surface area contributed by atoms with Crippen LogP contribution in [-0.4, -0.2) is 22.0 Å². The van der Waals surface area contributed by atoms with Gasteiger partial charge in [0.15, 0.2) is 0 Å². The van der Waals surface area contributed by atoms with E-state index in [0.717, 1.165) is 23.5 Å². The molecule has 1 aromatic heterocycles. The maximum Gasteiger partial charge on any atom is 0.265 e. The predicted octanol–water partition coefficient (Wildman–Crippen LogP) is 3.49. The second-order valence-corrected chi connectivity index (χ2v) is 6.06. The van der Waals surface area contributed by atoms with Gasteiger partial charge < -0.3 is 5.32 Å². The van der Waals surface area contributed by atoms with E-state index in [-0.39, 0.29) is 5.91 Å². The fourth-order valence-corrected chi connectivity index (χ4v) is 2.89. The molecule has 4 nitrogen and oxygen atoms in total. The van der Waals surface area contributed by atoms with Gasteiger partial charge in [-0.15, -0.1) is 5.10 Å². The summed E-state index contributed by atoms with van der Waals surface area (Å²) in [5.41, 5.74) is 3.93. The van der Waals surface area contributed by atoms with Crippen molar-refractivity contribution >= 4 is 17.4 Å². The Hall–Kier alpha value is -2.53. The van der Waals surface area contributed by atoms with Gasteiger partial charge in [-0.1, -0.05) is 64.6 Å². The molecule has 2 aromatic carbocycles. The summed E-state index contributed by atoms with van der Waals surface area (Å²) in [5, 5.41) is 7.06. The Morgan fingerprint density at radius 3 is 2.57 bits per heavy atom. The van der Waals surface area contributed by atoms with Gasteiger partial charge in [-0.2, -0.15) is 0 Å². The predicted molar refractivity (Wildman–Crippen MR) is 92.6 cm³/mol. The van der Waals surface area contributed by atoms with Gasteiger partial charge in [0.2, 0.25) is 0 Å². The first kappa shape index (κ1) is 15.4. The number of hydrogen-bond acceptors (Lipinski definition) is 4. The number of amides is 1. The first-order valence-corrected chi connectivity index (χ1v) is 8.23. The highest BCUT2D eigenvalue weighted by Crippen LogP contribution is 2.24. The van der Waals surface area contributed by atoms with Crippen LogP contribution in [-0.2, 0) is 6.42 Å². The zero-order chi connectivity index (χ0) is 16.1. The average Bonchev–Trinajstić information content (AvgIpc) is 3.06. The standard InChI is InChI=1S/C18H17N3OS/c1-13-7-9-15(10-8-13)16-17(23-21-20-16)18(22)19-12-11-14-5-3-2-4-6-14/h2-10H,11-12H2,1H3,(H,19,22). The minimum atomic E-state index is -0.119. The number of carbonyl (C=O) groups excluding carboxylic acids is 1. The van der Waals surface area contributed by atoms with Crippen molar-refractivity contribution < 1.29 is 4.79 Å². The monoisotopic (exact) mass is 323 g/mol. The van der Waals surface area contributed by atoms with Gasteiger partial charge in [-0.05, 0) is 30.4 Å². The number of nitrogens with zero attached hydrogens (tertiary/aromatic N) is 2. The van der Waals surface area contributed by atoms with Gasteiger partial charge in [-0.25, -0.2) is 0 Å². The van der Waals surface area contributed by atoms with Crippen LogP contribution in [0.3, 0.4) is 0 Å². The van der Waals surface area contributed by atoms with E-state index in [2.05, 4.69) is 27.0 Å². The summed E-state index contributed by atoms with van der Waals surface area (Å²) < 4.78 is 3.94. The molecular weight excluding hydrogens is 306 g/mol. The normalized spacial score (nSPS) is 10.5. The highest BCUT2D eigenvalue weighted by molar-refractivity contribution is 7.08. The second-order valence-electron chi connectivity index (χ2n) is 5.31. The number of rotatable bonds is 5. The Morgan fingerprint density at radius 1 is 1.09 bits per heavy atom. The Labute approximate surface area is 139 Å². The third kappa shape index (κ3) is 3.81. The van der Waals surface area contributed by atoms with Crippen molar-refractivity contribution in [2.24, 2.45) is 0 Å². The van der Waals surface area contributed by atoms with Crippen LogP contribution in [0.15, 0.2) is 54.6 Å².